The van der Waals surface area contributed by atoms with E-state index in [0.29, 0.717) is 22.3 Å². The van der Waals surface area contributed by atoms with Gasteiger partial charge in [-0.05, 0) is 49.4 Å². The molecule has 0 saturated heterocycles. The Morgan fingerprint density at radius 2 is 1.79 bits per heavy atom. The molecule has 0 saturated carbocycles. The molecule has 1 amide bonds. The first-order valence-electron chi connectivity index (χ1n) is 8.85. The van der Waals surface area contributed by atoms with Crippen LogP contribution in [-0.4, -0.2) is 53.5 Å². The molecule has 0 aliphatic rings. The zero-order chi connectivity index (χ0) is 21.2. The SMILES string of the molecule is CC(=O)c1ccc(NC(=O)CCn2nnc3cc(S(=O)(=O)N(C)C)ccc32)cc1. The number of carbonyl (C=O) groups excluding carboxylic acids is 2. The first-order chi connectivity index (χ1) is 13.7. The van der Waals surface area contributed by atoms with Crippen LogP contribution in [0.25, 0.3) is 11.0 Å². The number of hydrogen-bond donors (Lipinski definition) is 1. The summed E-state index contributed by atoms with van der Waals surface area (Å²) >= 11 is 0. The predicted octanol–water partition coefficient (Wildman–Crippen LogP) is 1.91. The molecule has 9 nitrogen and oxygen atoms in total. The van der Waals surface area contributed by atoms with Gasteiger partial charge in [0.1, 0.15) is 5.52 Å². The van der Waals surface area contributed by atoms with Gasteiger partial charge in [0.25, 0.3) is 0 Å². The third-order valence-corrected chi connectivity index (χ3v) is 6.20. The summed E-state index contributed by atoms with van der Waals surface area (Å²) in [5.74, 6) is -0.251. The molecular weight excluding hydrogens is 394 g/mol. The predicted molar refractivity (Wildman–Crippen MR) is 108 cm³/mol. The van der Waals surface area contributed by atoms with E-state index < -0.39 is 10.0 Å². The molecule has 1 heterocycles. The average Bonchev–Trinajstić information content (AvgIpc) is 3.09. The van der Waals surface area contributed by atoms with Crippen LogP contribution in [0.2, 0.25) is 0 Å². The smallest absolute Gasteiger partial charge is 0.242 e. The molecule has 0 fully saturated rings. The molecule has 0 spiro atoms. The van der Waals surface area contributed by atoms with Gasteiger partial charge in [-0.1, -0.05) is 5.21 Å². The number of hydrogen-bond acceptors (Lipinski definition) is 6. The zero-order valence-corrected chi connectivity index (χ0v) is 17.1. The molecule has 10 heteroatoms. The van der Waals surface area contributed by atoms with Crippen LogP contribution in [-0.2, 0) is 21.4 Å². The van der Waals surface area contributed by atoms with Gasteiger partial charge in [-0.25, -0.2) is 17.4 Å². The first-order valence-corrected chi connectivity index (χ1v) is 10.3. The normalized spacial score (nSPS) is 11.7. The van der Waals surface area contributed by atoms with Crippen LogP contribution in [0.4, 0.5) is 5.69 Å². The van der Waals surface area contributed by atoms with Gasteiger partial charge >= 0.3 is 0 Å². The summed E-state index contributed by atoms with van der Waals surface area (Å²) in [7, 11) is -0.635. The lowest BCUT2D eigenvalue weighted by atomic mass is 10.1. The lowest BCUT2D eigenvalue weighted by Gasteiger charge is -2.11. The van der Waals surface area contributed by atoms with Crippen molar-refractivity contribution in [3.8, 4) is 0 Å². The van der Waals surface area contributed by atoms with Crippen molar-refractivity contribution in [2.75, 3.05) is 19.4 Å². The Balaban J connectivity index is 1.67. The lowest BCUT2D eigenvalue weighted by molar-refractivity contribution is -0.116. The van der Waals surface area contributed by atoms with Crippen molar-refractivity contribution in [2.45, 2.75) is 24.8 Å². The second-order valence-corrected chi connectivity index (χ2v) is 8.83. The van der Waals surface area contributed by atoms with Crippen molar-refractivity contribution < 1.29 is 18.0 Å². The Labute approximate surface area is 168 Å². The number of aryl methyl sites for hydroxylation is 1. The maximum Gasteiger partial charge on any atom is 0.242 e. The molecule has 0 aliphatic carbocycles. The van der Waals surface area contributed by atoms with Crippen molar-refractivity contribution in [2.24, 2.45) is 0 Å². The van der Waals surface area contributed by atoms with Gasteiger partial charge < -0.3 is 5.32 Å². The molecule has 3 aromatic rings. The van der Waals surface area contributed by atoms with Crippen LogP contribution in [0.5, 0.6) is 0 Å². The first kappa shape index (κ1) is 20.6. The van der Waals surface area contributed by atoms with E-state index in [1.54, 1.807) is 35.0 Å². The third-order valence-electron chi connectivity index (χ3n) is 4.39. The second kappa shape index (κ2) is 8.10. The van der Waals surface area contributed by atoms with Crippen LogP contribution in [0.15, 0.2) is 47.4 Å². The highest BCUT2D eigenvalue weighted by Crippen LogP contribution is 2.19. The topological polar surface area (TPSA) is 114 Å². The number of nitrogens with zero attached hydrogens (tertiary/aromatic N) is 4. The number of carbonyl (C=O) groups is 2. The molecule has 0 atom stereocenters. The Morgan fingerprint density at radius 3 is 2.41 bits per heavy atom. The average molecular weight is 415 g/mol. The third kappa shape index (κ3) is 4.49. The zero-order valence-electron chi connectivity index (χ0n) is 16.3. The van der Waals surface area contributed by atoms with Gasteiger partial charge in [-0.2, -0.15) is 0 Å². The van der Waals surface area contributed by atoms with Crippen molar-refractivity contribution in [1.29, 1.82) is 0 Å². The van der Waals surface area contributed by atoms with E-state index in [4.69, 9.17) is 0 Å². The Kier molecular flexibility index (Phi) is 5.76. The molecule has 29 heavy (non-hydrogen) atoms. The van der Waals surface area contributed by atoms with Crippen molar-refractivity contribution in [3.05, 3.63) is 48.0 Å². The molecule has 152 valence electrons. The fourth-order valence-electron chi connectivity index (χ4n) is 2.71. The minimum atomic E-state index is -3.56. The van der Waals surface area contributed by atoms with E-state index in [0.717, 1.165) is 4.31 Å². The quantitative estimate of drug-likeness (QED) is 0.590. The van der Waals surface area contributed by atoms with Crippen molar-refractivity contribution >= 4 is 38.4 Å². The number of ketones is 1. The standard InChI is InChI=1S/C19H21N5O4S/c1-13(25)14-4-6-15(7-5-14)20-19(26)10-11-24-18-9-8-16(12-17(18)21-22-24)29(27,28)23(2)3/h4-9,12H,10-11H2,1-3H3,(H,20,26). The van der Waals surface area contributed by atoms with E-state index in [-0.39, 0.29) is 29.6 Å². The van der Waals surface area contributed by atoms with E-state index in [9.17, 15) is 18.0 Å². The molecule has 2 aromatic carbocycles. The van der Waals surface area contributed by atoms with Crippen molar-refractivity contribution in [1.82, 2.24) is 19.3 Å². The van der Waals surface area contributed by atoms with E-state index in [1.807, 2.05) is 0 Å². The summed E-state index contributed by atoms with van der Waals surface area (Å²) in [6.45, 7) is 1.77. The summed E-state index contributed by atoms with van der Waals surface area (Å²) in [5, 5.41) is 10.8. The molecule has 0 aliphatic heterocycles. The maximum absolute atomic E-state index is 12.2. The summed E-state index contributed by atoms with van der Waals surface area (Å²) in [6.07, 6.45) is 0.157. The van der Waals surface area contributed by atoms with Gasteiger partial charge in [0, 0.05) is 31.8 Å². The van der Waals surface area contributed by atoms with E-state index in [1.165, 1.54) is 33.2 Å². The number of rotatable bonds is 7. The van der Waals surface area contributed by atoms with Gasteiger partial charge in [0.2, 0.25) is 15.9 Å². The number of amides is 1. The highest BCUT2D eigenvalue weighted by molar-refractivity contribution is 7.89. The number of sulfonamides is 1. The Hall–Kier alpha value is -3.11. The largest absolute Gasteiger partial charge is 0.326 e. The van der Waals surface area contributed by atoms with Crippen LogP contribution < -0.4 is 5.32 Å². The highest BCUT2D eigenvalue weighted by atomic mass is 32.2. The Morgan fingerprint density at radius 1 is 1.10 bits per heavy atom. The highest BCUT2D eigenvalue weighted by Gasteiger charge is 2.19. The number of benzene rings is 2. The summed E-state index contributed by atoms with van der Waals surface area (Å²) in [4.78, 5) is 23.6. The van der Waals surface area contributed by atoms with E-state index in [2.05, 4.69) is 15.6 Å². The second-order valence-electron chi connectivity index (χ2n) is 6.68. The molecule has 0 unspecified atom stereocenters. The molecule has 0 bridgehead atoms. The molecular formula is C19H21N5O4S. The van der Waals surface area contributed by atoms with Gasteiger partial charge in [-0.15, -0.1) is 5.10 Å². The Bertz CT molecular complexity index is 1170. The lowest BCUT2D eigenvalue weighted by Crippen LogP contribution is -2.22. The van der Waals surface area contributed by atoms with Gasteiger partial charge in [-0.3, -0.25) is 9.59 Å². The fourth-order valence-corrected chi connectivity index (χ4v) is 3.63. The number of fused-ring (bicyclic) bond motifs is 1. The summed E-state index contributed by atoms with van der Waals surface area (Å²) in [5.41, 5.74) is 2.25. The van der Waals surface area contributed by atoms with Gasteiger partial charge in [0.05, 0.1) is 17.0 Å². The fraction of sp³-hybridized carbons (Fsp3) is 0.263. The molecule has 1 aromatic heterocycles. The van der Waals surface area contributed by atoms with Crippen LogP contribution in [0, 0.1) is 0 Å². The molecule has 1 N–H and O–H groups in total. The number of anilines is 1. The summed E-state index contributed by atoms with van der Waals surface area (Å²) in [6, 6.07) is 11.2. The number of aromatic nitrogens is 3. The molecule has 3 rings (SSSR count). The van der Waals surface area contributed by atoms with Gasteiger partial charge in [0.15, 0.2) is 5.78 Å². The van der Waals surface area contributed by atoms with E-state index >= 15 is 0 Å². The molecule has 0 radical (unpaired) electrons. The van der Waals surface area contributed by atoms with Crippen LogP contribution >= 0.6 is 0 Å². The minimum absolute atomic E-state index is 0.0394. The monoisotopic (exact) mass is 415 g/mol. The van der Waals surface area contributed by atoms with Crippen LogP contribution in [0.3, 0.4) is 0 Å². The van der Waals surface area contributed by atoms with Crippen LogP contribution in [0.1, 0.15) is 23.7 Å². The number of Topliss-reactive ketones (excluding diaryl/α,β-unsaturated/α-hetero) is 1. The maximum atomic E-state index is 12.2. The summed E-state index contributed by atoms with van der Waals surface area (Å²) < 4.78 is 27.1. The van der Waals surface area contributed by atoms with Crippen molar-refractivity contribution in [3.63, 3.8) is 0 Å². The number of nitrogens with one attached hydrogen (secondary N) is 1. The minimum Gasteiger partial charge on any atom is -0.326 e.